The second-order valence-corrected chi connectivity index (χ2v) is 7.51. The summed E-state index contributed by atoms with van der Waals surface area (Å²) in [4.78, 5) is 31.2. The van der Waals surface area contributed by atoms with Crippen molar-refractivity contribution in [2.45, 2.75) is 39.3 Å². The highest BCUT2D eigenvalue weighted by molar-refractivity contribution is 5.85. The molecule has 1 aromatic carbocycles. The Kier molecular flexibility index (Phi) is 4.77. The van der Waals surface area contributed by atoms with Crippen molar-refractivity contribution in [1.82, 2.24) is 9.97 Å². The van der Waals surface area contributed by atoms with E-state index < -0.39 is 23.1 Å². The molecule has 8 heteroatoms. The SMILES string of the molecule is Cc1cc(C(C)(C)C(=O)O)c(C(F)(F)F)cc1-c1cc(=O)c2c(C)nccc2[nH]1. The molecule has 3 aromatic rings. The maximum absolute atomic E-state index is 13.8. The third-order valence-corrected chi connectivity index (χ3v) is 5.10. The van der Waals surface area contributed by atoms with E-state index in [4.69, 9.17) is 0 Å². The van der Waals surface area contributed by atoms with Crippen molar-refractivity contribution in [2.24, 2.45) is 0 Å². The molecule has 2 heterocycles. The Morgan fingerprint density at radius 1 is 1.10 bits per heavy atom. The van der Waals surface area contributed by atoms with Gasteiger partial charge in [0, 0.05) is 23.5 Å². The lowest BCUT2D eigenvalue weighted by Gasteiger charge is -2.26. The number of aliphatic carboxylic acids is 1. The zero-order valence-electron chi connectivity index (χ0n) is 16.2. The fourth-order valence-corrected chi connectivity index (χ4v) is 3.38. The number of carbonyl (C=O) groups is 1. The summed E-state index contributed by atoms with van der Waals surface area (Å²) in [5.74, 6) is -1.36. The fourth-order valence-electron chi connectivity index (χ4n) is 3.38. The van der Waals surface area contributed by atoms with E-state index in [2.05, 4.69) is 9.97 Å². The van der Waals surface area contributed by atoms with Crippen LogP contribution in [0.5, 0.6) is 0 Å². The number of alkyl halides is 3. The van der Waals surface area contributed by atoms with E-state index in [1.807, 2.05) is 0 Å². The van der Waals surface area contributed by atoms with Crippen LogP contribution in [0.15, 0.2) is 35.3 Å². The summed E-state index contributed by atoms with van der Waals surface area (Å²) >= 11 is 0. The van der Waals surface area contributed by atoms with Gasteiger partial charge in [0.2, 0.25) is 0 Å². The van der Waals surface area contributed by atoms with Crippen LogP contribution in [-0.2, 0) is 16.4 Å². The molecule has 152 valence electrons. The number of fused-ring (bicyclic) bond motifs is 1. The first kappa shape index (κ1) is 20.6. The number of nitrogens with one attached hydrogen (secondary N) is 1. The van der Waals surface area contributed by atoms with Crippen LogP contribution in [0.25, 0.3) is 22.2 Å². The van der Waals surface area contributed by atoms with E-state index in [0.29, 0.717) is 22.2 Å². The summed E-state index contributed by atoms with van der Waals surface area (Å²) < 4.78 is 41.3. The number of pyridine rings is 2. The van der Waals surface area contributed by atoms with E-state index in [1.54, 1.807) is 19.9 Å². The minimum Gasteiger partial charge on any atom is -0.481 e. The van der Waals surface area contributed by atoms with Crippen LogP contribution in [0.2, 0.25) is 0 Å². The Bertz CT molecular complexity index is 1190. The number of hydrogen-bond acceptors (Lipinski definition) is 3. The summed E-state index contributed by atoms with van der Waals surface area (Å²) in [6.07, 6.45) is -3.26. The number of halogens is 3. The molecule has 0 aliphatic carbocycles. The second-order valence-electron chi connectivity index (χ2n) is 7.51. The number of aromatic nitrogens is 2. The largest absolute Gasteiger partial charge is 0.481 e. The molecule has 2 N–H and O–H groups in total. The van der Waals surface area contributed by atoms with Crippen LogP contribution in [0.4, 0.5) is 13.2 Å². The van der Waals surface area contributed by atoms with Crippen LogP contribution < -0.4 is 5.43 Å². The normalized spacial score (nSPS) is 12.4. The third kappa shape index (κ3) is 3.50. The second kappa shape index (κ2) is 6.72. The van der Waals surface area contributed by atoms with Gasteiger partial charge in [-0.05, 0) is 51.0 Å². The standard InChI is InChI=1S/C21H19F3N2O3/c1-10-7-13(20(3,4)19(28)29)14(21(22,23)24)8-12(10)16-9-17(27)18-11(2)25-6-5-15(18)26-16/h5-9H,1-4H3,(H,26,27)(H,28,29). The molecule has 0 spiro atoms. The fraction of sp³-hybridized carbons (Fsp3) is 0.286. The minimum atomic E-state index is -4.76. The number of benzene rings is 1. The maximum atomic E-state index is 13.8. The number of rotatable bonds is 3. The smallest absolute Gasteiger partial charge is 0.416 e. The van der Waals surface area contributed by atoms with Gasteiger partial charge in [0.15, 0.2) is 5.43 Å². The maximum Gasteiger partial charge on any atom is 0.416 e. The van der Waals surface area contributed by atoms with Gasteiger partial charge < -0.3 is 10.1 Å². The average Bonchev–Trinajstić information content (AvgIpc) is 2.59. The highest BCUT2D eigenvalue weighted by Gasteiger charge is 2.41. The molecule has 0 radical (unpaired) electrons. The van der Waals surface area contributed by atoms with Crippen molar-refractivity contribution in [2.75, 3.05) is 0 Å². The van der Waals surface area contributed by atoms with Crippen molar-refractivity contribution < 1.29 is 23.1 Å². The third-order valence-electron chi connectivity index (χ3n) is 5.10. The summed E-state index contributed by atoms with van der Waals surface area (Å²) in [5.41, 5.74) is -1.69. The molecule has 0 aliphatic heterocycles. The number of carboxylic acid groups (broad SMARTS) is 1. The van der Waals surface area contributed by atoms with Gasteiger partial charge in [0.1, 0.15) is 0 Å². The van der Waals surface area contributed by atoms with Crippen LogP contribution in [0.1, 0.15) is 36.2 Å². The minimum absolute atomic E-state index is 0.177. The number of hydrogen-bond donors (Lipinski definition) is 2. The number of nitrogens with zero attached hydrogens (tertiary/aromatic N) is 1. The van der Waals surface area contributed by atoms with Gasteiger partial charge in [0.25, 0.3) is 0 Å². The van der Waals surface area contributed by atoms with Gasteiger partial charge in [-0.2, -0.15) is 13.2 Å². The predicted molar refractivity (Wildman–Crippen MR) is 103 cm³/mol. The highest BCUT2D eigenvalue weighted by Crippen LogP contribution is 2.41. The van der Waals surface area contributed by atoms with Gasteiger partial charge in [-0.1, -0.05) is 6.07 Å². The highest BCUT2D eigenvalue weighted by atomic mass is 19.4. The molecule has 0 atom stereocenters. The van der Waals surface area contributed by atoms with Crippen LogP contribution in [0.3, 0.4) is 0 Å². The lowest BCUT2D eigenvalue weighted by Crippen LogP contribution is -2.31. The molecule has 2 aromatic heterocycles. The monoisotopic (exact) mass is 404 g/mol. The Morgan fingerprint density at radius 2 is 1.76 bits per heavy atom. The summed E-state index contributed by atoms with van der Waals surface area (Å²) in [5, 5.41) is 9.79. The van der Waals surface area contributed by atoms with E-state index >= 15 is 0 Å². The van der Waals surface area contributed by atoms with Crippen molar-refractivity contribution in [3.63, 3.8) is 0 Å². The molecule has 0 unspecified atom stereocenters. The quantitative estimate of drug-likeness (QED) is 0.669. The molecule has 0 aliphatic rings. The van der Waals surface area contributed by atoms with Crippen molar-refractivity contribution in [1.29, 1.82) is 0 Å². The Labute approximate surface area is 164 Å². The lowest BCUT2D eigenvalue weighted by atomic mass is 9.79. The molecule has 0 fully saturated rings. The first-order valence-electron chi connectivity index (χ1n) is 8.78. The topological polar surface area (TPSA) is 83.0 Å². The summed E-state index contributed by atoms with van der Waals surface area (Å²) in [6, 6.07) is 4.95. The van der Waals surface area contributed by atoms with E-state index in [1.165, 1.54) is 32.2 Å². The number of aryl methyl sites for hydroxylation is 2. The molecule has 29 heavy (non-hydrogen) atoms. The number of carboxylic acids is 1. The van der Waals surface area contributed by atoms with E-state index in [9.17, 15) is 27.9 Å². The van der Waals surface area contributed by atoms with Gasteiger partial charge in [-0.15, -0.1) is 0 Å². The first-order chi connectivity index (χ1) is 13.3. The number of H-pyrrole nitrogens is 1. The molecular weight excluding hydrogens is 385 g/mol. The average molecular weight is 404 g/mol. The number of aromatic amines is 1. The molecular formula is C21H19F3N2O3. The molecule has 0 bridgehead atoms. The zero-order valence-corrected chi connectivity index (χ0v) is 16.2. The van der Waals surface area contributed by atoms with Gasteiger partial charge in [0.05, 0.1) is 27.6 Å². The van der Waals surface area contributed by atoms with Crippen LogP contribution >= 0.6 is 0 Å². The lowest BCUT2D eigenvalue weighted by molar-refractivity contribution is -0.144. The first-order valence-corrected chi connectivity index (χ1v) is 8.78. The Balaban J connectivity index is 2.34. The molecule has 0 saturated carbocycles. The molecule has 0 amide bonds. The molecule has 0 saturated heterocycles. The van der Waals surface area contributed by atoms with Crippen LogP contribution in [-0.4, -0.2) is 21.0 Å². The Hall–Kier alpha value is -3.16. The van der Waals surface area contributed by atoms with Crippen molar-refractivity contribution in [3.8, 4) is 11.3 Å². The van der Waals surface area contributed by atoms with Gasteiger partial charge in [-0.25, -0.2) is 0 Å². The molecule has 5 nitrogen and oxygen atoms in total. The van der Waals surface area contributed by atoms with Gasteiger partial charge in [-0.3, -0.25) is 14.6 Å². The van der Waals surface area contributed by atoms with Crippen molar-refractivity contribution >= 4 is 16.9 Å². The van der Waals surface area contributed by atoms with Crippen LogP contribution in [0, 0.1) is 13.8 Å². The summed E-state index contributed by atoms with van der Waals surface area (Å²) in [6.45, 7) is 5.71. The predicted octanol–water partition coefficient (Wildman–Crippen LogP) is 4.59. The zero-order chi connectivity index (χ0) is 21.7. The summed E-state index contributed by atoms with van der Waals surface area (Å²) in [7, 11) is 0. The van der Waals surface area contributed by atoms with E-state index in [-0.39, 0.29) is 22.2 Å². The molecule has 3 rings (SSSR count). The van der Waals surface area contributed by atoms with E-state index in [0.717, 1.165) is 6.07 Å². The van der Waals surface area contributed by atoms with Gasteiger partial charge >= 0.3 is 12.1 Å². The van der Waals surface area contributed by atoms with Crippen molar-refractivity contribution in [3.05, 3.63) is 63.1 Å². The Morgan fingerprint density at radius 3 is 2.34 bits per heavy atom.